The Morgan fingerprint density at radius 1 is 1.09 bits per heavy atom. The van der Waals surface area contributed by atoms with Crippen LogP contribution in [0.15, 0.2) is 42.9 Å². The zero-order valence-electron chi connectivity index (χ0n) is 27.6. The maximum Gasteiger partial charge on any atom is 0.408 e. The van der Waals surface area contributed by atoms with Crippen LogP contribution in [0.5, 0.6) is 0 Å². The predicted octanol–water partition coefficient (Wildman–Crippen LogP) is 6.01. The average Bonchev–Trinajstić information content (AvgIpc) is 3.62. The Labute approximate surface area is 267 Å². The van der Waals surface area contributed by atoms with Crippen LogP contribution in [0.4, 0.5) is 10.6 Å². The van der Waals surface area contributed by atoms with Crippen LogP contribution >= 0.6 is 0 Å². The summed E-state index contributed by atoms with van der Waals surface area (Å²) in [6.07, 6.45) is 5.19. The minimum atomic E-state index is -4.22. The van der Waals surface area contributed by atoms with Gasteiger partial charge in [0, 0.05) is 18.2 Å². The molecule has 5 rings (SSSR count). The predicted molar refractivity (Wildman–Crippen MR) is 179 cm³/mol. The van der Waals surface area contributed by atoms with E-state index in [0.29, 0.717) is 12.8 Å². The zero-order valence-corrected chi connectivity index (χ0v) is 29.4. The molecule has 246 valence electrons. The highest BCUT2D eigenvalue weighted by Crippen LogP contribution is 2.46. The molecule has 1 amide bonds. The highest BCUT2D eigenvalue weighted by molar-refractivity contribution is 7.89. The fourth-order valence-electron chi connectivity index (χ4n) is 6.35. The zero-order chi connectivity index (χ0) is 32.9. The van der Waals surface area contributed by atoms with E-state index in [2.05, 4.69) is 83.3 Å². The third kappa shape index (κ3) is 7.21. The molecule has 2 aliphatic rings. The molecule has 0 saturated heterocycles. The Morgan fingerprint density at radius 2 is 1.80 bits per heavy atom. The van der Waals surface area contributed by atoms with Gasteiger partial charge >= 0.3 is 6.09 Å². The first-order valence-corrected chi connectivity index (χ1v) is 20.2. The Hall–Kier alpha value is -3.00. The fraction of sp³-hybridized carbons (Fsp3) is 0.594. The average molecular weight is 657 g/mol. The van der Waals surface area contributed by atoms with Crippen molar-refractivity contribution in [2.45, 2.75) is 115 Å². The minimum Gasteiger partial charge on any atom is -0.444 e. The molecule has 0 spiro atoms. The van der Waals surface area contributed by atoms with Gasteiger partial charge in [-0.05, 0) is 81.8 Å². The van der Waals surface area contributed by atoms with Crippen molar-refractivity contribution in [1.29, 1.82) is 0 Å². The number of alkyl carbamates (subject to hydrolysis) is 1. The molecule has 3 aromatic rings. The smallest absolute Gasteiger partial charge is 0.408 e. The number of sulfonamides is 1. The number of nitrogens with two attached hydrogens (primary N) is 1. The van der Waals surface area contributed by atoms with Crippen LogP contribution in [-0.4, -0.2) is 54.4 Å². The largest absolute Gasteiger partial charge is 0.444 e. The summed E-state index contributed by atoms with van der Waals surface area (Å²) < 4.78 is 40.5. The summed E-state index contributed by atoms with van der Waals surface area (Å²) in [7, 11) is -6.57. The number of rotatable bonds is 8. The molecule has 45 heavy (non-hydrogen) atoms. The van der Waals surface area contributed by atoms with Crippen LogP contribution in [0.25, 0.3) is 11.0 Å². The summed E-state index contributed by atoms with van der Waals surface area (Å²) in [5.41, 5.74) is 2.59. The molecule has 11 nitrogen and oxygen atoms in total. The first-order valence-electron chi connectivity index (χ1n) is 15.7. The lowest BCUT2D eigenvalue weighted by Crippen LogP contribution is -2.54. The lowest BCUT2D eigenvalue weighted by Gasteiger charge is -2.40. The first kappa shape index (κ1) is 33.4. The van der Waals surface area contributed by atoms with Crippen molar-refractivity contribution in [1.82, 2.24) is 19.9 Å². The Kier molecular flexibility index (Phi) is 8.88. The van der Waals surface area contributed by atoms with E-state index in [0.717, 1.165) is 29.7 Å². The van der Waals surface area contributed by atoms with Gasteiger partial charge in [-0.1, -0.05) is 45.0 Å². The second-order valence-electron chi connectivity index (χ2n) is 15.0. The molecule has 0 aliphatic heterocycles. The fourth-order valence-corrected chi connectivity index (χ4v) is 8.77. The number of amides is 1. The lowest BCUT2D eigenvalue weighted by molar-refractivity contribution is 0.0484. The number of nitrogens with zero attached hydrogens (tertiary/aromatic N) is 3. The summed E-state index contributed by atoms with van der Waals surface area (Å²) in [5, 5.41) is 11.4. The number of fused-ring (bicyclic) bond motifs is 2. The molecule has 0 bridgehead atoms. The molecule has 2 aromatic heterocycles. The molecular formula is C32H48N6O5SSi. The van der Waals surface area contributed by atoms with Gasteiger partial charge in [0.1, 0.15) is 23.4 Å². The number of nitrogens with one attached hydrogen (secondary N) is 2. The molecule has 13 heteroatoms. The van der Waals surface area contributed by atoms with Gasteiger partial charge in [0.05, 0.1) is 17.5 Å². The Balaban J connectivity index is 1.47. The van der Waals surface area contributed by atoms with E-state index in [1.54, 1.807) is 27.1 Å². The molecular weight excluding hydrogens is 609 g/mol. The topological polar surface area (TPSA) is 150 Å². The first-order chi connectivity index (χ1) is 20.8. The number of aromatic nitrogens is 3. The van der Waals surface area contributed by atoms with Gasteiger partial charge in [0.15, 0.2) is 13.7 Å². The summed E-state index contributed by atoms with van der Waals surface area (Å²) in [4.78, 5) is 22.1. The SMILES string of the molecule is CC(C)(C)OC(=O)NC([C@H]1C[C@@H](n2ccc3c(N[C@H]4CCc5ccccc54)ncnc32)C[C@@H]1O[Si](C)(C)C(C)(C)C)S(N)(=O)=O. The maximum absolute atomic E-state index is 13.1. The highest BCUT2D eigenvalue weighted by atomic mass is 32.2. The van der Waals surface area contributed by atoms with Gasteiger partial charge in [-0.25, -0.2) is 28.3 Å². The van der Waals surface area contributed by atoms with E-state index < -0.39 is 47.4 Å². The van der Waals surface area contributed by atoms with Gasteiger partial charge in [-0.15, -0.1) is 0 Å². The van der Waals surface area contributed by atoms with Crippen LogP contribution < -0.4 is 15.8 Å². The van der Waals surface area contributed by atoms with Crippen molar-refractivity contribution in [3.8, 4) is 0 Å². The van der Waals surface area contributed by atoms with E-state index >= 15 is 0 Å². The van der Waals surface area contributed by atoms with E-state index in [1.165, 1.54) is 11.1 Å². The molecule has 1 fully saturated rings. The number of hydrogen-bond acceptors (Lipinski definition) is 8. The van der Waals surface area contributed by atoms with E-state index in [-0.39, 0.29) is 17.1 Å². The van der Waals surface area contributed by atoms with Gasteiger partial charge in [-0.3, -0.25) is 0 Å². The van der Waals surface area contributed by atoms with E-state index in [4.69, 9.17) is 14.3 Å². The molecule has 4 N–H and O–H groups in total. The number of primary sulfonamides is 1. The highest BCUT2D eigenvalue weighted by Gasteiger charge is 2.49. The number of carbonyl (C=O) groups is 1. The van der Waals surface area contributed by atoms with Crippen molar-refractivity contribution < 1.29 is 22.4 Å². The van der Waals surface area contributed by atoms with Crippen molar-refractivity contribution >= 4 is 41.3 Å². The van der Waals surface area contributed by atoms with Crippen molar-refractivity contribution in [3.05, 3.63) is 54.0 Å². The normalized spacial score (nSPS) is 23.1. The number of anilines is 1. The van der Waals surface area contributed by atoms with Crippen molar-refractivity contribution in [2.24, 2.45) is 11.1 Å². The number of carbonyl (C=O) groups excluding carboxylic acids is 1. The van der Waals surface area contributed by atoms with Crippen LogP contribution in [0, 0.1) is 5.92 Å². The van der Waals surface area contributed by atoms with Crippen LogP contribution in [0.1, 0.15) is 84.0 Å². The van der Waals surface area contributed by atoms with E-state index in [1.807, 2.05) is 12.3 Å². The summed E-state index contributed by atoms with van der Waals surface area (Å²) >= 11 is 0. The number of hydrogen-bond donors (Lipinski definition) is 3. The Morgan fingerprint density at radius 3 is 2.47 bits per heavy atom. The van der Waals surface area contributed by atoms with Gasteiger partial charge < -0.3 is 24.4 Å². The molecule has 1 aromatic carbocycles. The maximum atomic E-state index is 13.1. The number of benzene rings is 1. The molecule has 1 unspecified atom stereocenters. The van der Waals surface area contributed by atoms with Gasteiger partial charge in [0.2, 0.25) is 10.0 Å². The minimum absolute atomic E-state index is 0.113. The Bertz CT molecular complexity index is 1660. The van der Waals surface area contributed by atoms with E-state index in [9.17, 15) is 13.2 Å². The van der Waals surface area contributed by atoms with Gasteiger partial charge in [0.25, 0.3) is 0 Å². The molecule has 1 saturated carbocycles. The second-order valence-corrected chi connectivity index (χ2v) is 21.4. The third-order valence-corrected chi connectivity index (χ3v) is 15.2. The van der Waals surface area contributed by atoms with Gasteiger partial charge in [-0.2, -0.15) is 0 Å². The molecule has 5 atom stereocenters. The molecule has 2 heterocycles. The molecule has 0 radical (unpaired) electrons. The van der Waals surface area contributed by atoms with Crippen LogP contribution in [0.3, 0.4) is 0 Å². The monoisotopic (exact) mass is 656 g/mol. The van der Waals surface area contributed by atoms with Crippen LogP contribution in [-0.2, 0) is 25.6 Å². The number of ether oxygens (including phenoxy) is 1. The van der Waals surface area contributed by atoms with Crippen molar-refractivity contribution in [3.63, 3.8) is 0 Å². The lowest BCUT2D eigenvalue weighted by atomic mass is 10.1. The third-order valence-electron chi connectivity index (χ3n) is 9.53. The van der Waals surface area contributed by atoms with Crippen molar-refractivity contribution in [2.75, 3.05) is 5.32 Å². The molecule has 2 aliphatic carbocycles. The standard InChI is InChI=1S/C32H48N6O5SSi/c1-31(2,3)42-30(39)37-29(44(33,40)41)24-17-21(18-26(24)43-45(7,8)32(4,5)6)38-16-15-23-27(34-19-35-28(23)38)36-25-14-13-20-11-9-10-12-22(20)25/h9-12,15-16,19,21,24-26,29H,13-14,17-18H2,1-8H3,(H,37,39)(H2,33,40,41)(H,34,35,36)/t21-,24+,25+,26+,29?/m1/s1. The summed E-state index contributed by atoms with van der Waals surface area (Å²) in [6.45, 7) is 15.9. The number of aryl methyl sites for hydroxylation is 1. The summed E-state index contributed by atoms with van der Waals surface area (Å²) in [6, 6.07) is 10.5. The summed E-state index contributed by atoms with van der Waals surface area (Å²) in [5.74, 6) is 0.150. The second kappa shape index (κ2) is 12.0. The quantitative estimate of drug-likeness (QED) is 0.250. The van der Waals surface area contributed by atoms with Crippen LogP contribution in [0.2, 0.25) is 18.1 Å².